The van der Waals surface area contributed by atoms with Gasteiger partial charge < -0.3 is 9.84 Å². The van der Waals surface area contributed by atoms with Gasteiger partial charge in [-0.2, -0.15) is 0 Å². The maximum Gasteiger partial charge on any atom is 0.408 e. The Labute approximate surface area is 193 Å². The Morgan fingerprint density at radius 3 is 2.64 bits per heavy atom. The van der Waals surface area contributed by atoms with E-state index in [1.165, 1.54) is 11.8 Å². The lowest BCUT2D eigenvalue weighted by atomic mass is 9.93. The Hall–Kier alpha value is -3.67. The molecular weight excluding hydrogens is 416 g/mol. The normalized spacial score (nSPS) is 14.9. The molecule has 0 spiro atoms. The van der Waals surface area contributed by atoms with E-state index < -0.39 is 6.09 Å². The second-order valence-electron chi connectivity index (χ2n) is 8.85. The van der Waals surface area contributed by atoms with Crippen LogP contribution in [0.3, 0.4) is 0 Å². The van der Waals surface area contributed by atoms with E-state index in [1.807, 2.05) is 48.5 Å². The van der Waals surface area contributed by atoms with Crippen LogP contribution in [-0.2, 0) is 13.2 Å². The lowest BCUT2D eigenvalue weighted by molar-refractivity contribution is 0.101. The molecule has 6 heteroatoms. The third-order valence-corrected chi connectivity index (χ3v) is 5.96. The number of carbonyl (C=O) groups excluding carboxylic acids is 1. The molecule has 170 valence electrons. The summed E-state index contributed by atoms with van der Waals surface area (Å²) in [4.78, 5) is 29.7. The summed E-state index contributed by atoms with van der Waals surface area (Å²) < 4.78 is 6.09. The lowest BCUT2D eigenvalue weighted by Crippen LogP contribution is -2.28. The first kappa shape index (κ1) is 22.5. The Bertz CT molecular complexity index is 1170. The highest BCUT2D eigenvalue weighted by Gasteiger charge is 2.34. The molecule has 0 radical (unpaired) electrons. The van der Waals surface area contributed by atoms with Crippen LogP contribution in [0.1, 0.15) is 60.4 Å². The van der Waals surface area contributed by atoms with E-state index in [4.69, 9.17) is 4.74 Å². The van der Waals surface area contributed by atoms with Crippen LogP contribution in [0.15, 0.2) is 60.8 Å². The van der Waals surface area contributed by atoms with E-state index in [9.17, 15) is 14.7 Å². The van der Waals surface area contributed by atoms with E-state index >= 15 is 0 Å². The highest BCUT2D eigenvalue weighted by Crippen LogP contribution is 2.41. The Kier molecular flexibility index (Phi) is 6.45. The molecular formula is C27H28N2O4. The predicted octanol–water partition coefficient (Wildman–Crippen LogP) is 6.11. The van der Waals surface area contributed by atoms with Crippen LogP contribution in [0, 0.1) is 5.92 Å². The first-order valence-corrected chi connectivity index (χ1v) is 11.1. The van der Waals surface area contributed by atoms with Crippen molar-refractivity contribution < 1.29 is 19.4 Å². The molecule has 6 nitrogen and oxygen atoms in total. The molecule has 33 heavy (non-hydrogen) atoms. The second-order valence-corrected chi connectivity index (χ2v) is 8.85. The van der Waals surface area contributed by atoms with Crippen LogP contribution in [0.4, 0.5) is 4.79 Å². The molecule has 2 heterocycles. The van der Waals surface area contributed by atoms with Crippen LogP contribution in [0.5, 0.6) is 5.75 Å². The van der Waals surface area contributed by atoms with E-state index in [1.54, 1.807) is 12.3 Å². The summed E-state index contributed by atoms with van der Waals surface area (Å²) in [7, 11) is 0. The number of amides is 1. The van der Waals surface area contributed by atoms with Gasteiger partial charge in [-0.3, -0.25) is 14.7 Å². The number of carbonyl (C=O) groups is 2. The van der Waals surface area contributed by atoms with Crippen molar-refractivity contribution in [2.75, 3.05) is 0 Å². The number of benzene rings is 2. The van der Waals surface area contributed by atoms with Gasteiger partial charge in [-0.05, 0) is 72.4 Å². The summed E-state index contributed by atoms with van der Waals surface area (Å²) in [5, 5.41) is 9.74. The zero-order chi connectivity index (χ0) is 23.5. The van der Waals surface area contributed by atoms with Crippen molar-refractivity contribution in [2.45, 2.75) is 46.4 Å². The van der Waals surface area contributed by atoms with Gasteiger partial charge in [-0.1, -0.05) is 32.0 Å². The standard InChI is InChI=1S/C27H28N2O4/c1-17(2)12-25-23-9-7-20(13-21(23)15-29(25)27(31)32)24-14-19(18(3)30)8-10-26(24)33-16-22-6-4-5-11-28-22/h4-11,13-14,17,25H,12,15-16H2,1-3H3,(H,31,32). The number of aromatic nitrogens is 1. The molecule has 4 rings (SSSR count). The summed E-state index contributed by atoms with van der Waals surface area (Å²) in [6, 6.07) is 17.0. The Morgan fingerprint density at radius 1 is 1.15 bits per heavy atom. The molecule has 0 saturated carbocycles. The fourth-order valence-corrected chi connectivity index (χ4v) is 4.33. The van der Waals surface area contributed by atoms with Crippen molar-refractivity contribution in [1.82, 2.24) is 9.88 Å². The highest BCUT2D eigenvalue weighted by molar-refractivity contribution is 5.96. The summed E-state index contributed by atoms with van der Waals surface area (Å²) in [6.45, 7) is 6.40. The molecule has 0 fully saturated rings. The molecule has 1 unspecified atom stereocenters. The molecule has 1 N–H and O–H groups in total. The number of Topliss-reactive ketones (excluding diaryl/α,β-unsaturated/α-hetero) is 1. The zero-order valence-corrected chi connectivity index (χ0v) is 19.1. The number of pyridine rings is 1. The maximum absolute atomic E-state index is 12.0. The van der Waals surface area contributed by atoms with Gasteiger partial charge in [0.1, 0.15) is 12.4 Å². The summed E-state index contributed by atoms with van der Waals surface area (Å²) in [5.41, 5.74) is 5.14. The van der Waals surface area contributed by atoms with E-state index in [0.29, 0.717) is 30.4 Å². The van der Waals surface area contributed by atoms with Gasteiger partial charge in [0.15, 0.2) is 5.78 Å². The fourth-order valence-electron chi connectivity index (χ4n) is 4.33. The maximum atomic E-state index is 12.0. The first-order valence-electron chi connectivity index (χ1n) is 11.1. The Morgan fingerprint density at radius 2 is 1.97 bits per heavy atom. The topological polar surface area (TPSA) is 79.7 Å². The molecule has 0 aliphatic carbocycles. The number of carboxylic acid groups (broad SMARTS) is 1. The van der Waals surface area contributed by atoms with Crippen LogP contribution in [0.25, 0.3) is 11.1 Å². The van der Waals surface area contributed by atoms with Gasteiger partial charge >= 0.3 is 6.09 Å². The van der Waals surface area contributed by atoms with Gasteiger partial charge in [0.25, 0.3) is 0 Å². The first-order chi connectivity index (χ1) is 15.8. The molecule has 1 amide bonds. The second kappa shape index (κ2) is 9.45. The van der Waals surface area contributed by atoms with Crippen molar-refractivity contribution in [3.8, 4) is 16.9 Å². The Balaban J connectivity index is 1.71. The number of ketones is 1. The fraction of sp³-hybridized carbons (Fsp3) is 0.296. The molecule has 1 atom stereocenters. The van der Waals surface area contributed by atoms with Crippen LogP contribution in [-0.4, -0.2) is 26.9 Å². The zero-order valence-electron chi connectivity index (χ0n) is 19.1. The van der Waals surface area contributed by atoms with Crippen LogP contribution < -0.4 is 4.74 Å². The average Bonchev–Trinajstić information content (AvgIpc) is 3.15. The largest absolute Gasteiger partial charge is 0.487 e. The third kappa shape index (κ3) is 4.90. The molecule has 3 aromatic rings. The van der Waals surface area contributed by atoms with Crippen LogP contribution >= 0.6 is 0 Å². The number of hydrogen-bond acceptors (Lipinski definition) is 4. The monoisotopic (exact) mass is 444 g/mol. The molecule has 0 saturated heterocycles. The summed E-state index contributed by atoms with van der Waals surface area (Å²) >= 11 is 0. The number of fused-ring (bicyclic) bond motifs is 1. The molecule has 1 aliphatic heterocycles. The number of hydrogen-bond donors (Lipinski definition) is 1. The van der Waals surface area contributed by atoms with E-state index in [0.717, 1.165) is 34.4 Å². The summed E-state index contributed by atoms with van der Waals surface area (Å²) in [6.07, 6.45) is 1.59. The SMILES string of the molecule is CC(=O)c1ccc(OCc2ccccn2)c(-c2ccc3c(c2)CN(C(=O)O)C3CC(C)C)c1. The van der Waals surface area contributed by atoms with Gasteiger partial charge in [0.2, 0.25) is 0 Å². The van der Waals surface area contributed by atoms with Crippen LogP contribution in [0.2, 0.25) is 0 Å². The number of nitrogens with zero attached hydrogens (tertiary/aromatic N) is 2. The van der Waals surface area contributed by atoms with Crippen molar-refractivity contribution in [2.24, 2.45) is 5.92 Å². The molecule has 2 aromatic carbocycles. The van der Waals surface area contributed by atoms with Crippen molar-refractivity contribution in [1.29, 1.82) is 0 Å². The van der Waals surface area contributed by atoms with Crippen molar-refractivity contribution in [3.05, 3.63) is 83.2 Å². The minimum Gasteiger partial charge on any atom is -0.487 e. The van der Waals surface area contributed by atoms with Gasteiger partial charge in [0.05, 0.1) is 11.7 Å². The minimum atomic E-state index is -0.906. The third-order valence-electron chi connectivity index (χ3n) is 5.96. The number of rotatable bonds is 7. The summed E-state index contributed by atoms with van der Waals surface area (Å²) in [5.74, 6) is 1.00. The predicted molar refractivity (Wildman–Crippen MR) is 126 cm³/mol. The highest BCUT2D eigenvalue weighted by atomic mass is 16.5. The van der Waals surface area contributed by atoms with E-state index in [-0.39, 0.29) is 11.8 Å². The number of ether oxygens (including phenoxy) is 1. The molecule has 0 bridgehead atoms. The van der Waals surface area contributed by atoms with Gasteiger partial charge in [-0.25, -0.2) is 4.79 Å². The average molecular weight is 445 g/mol. The van der Waals surface area contributed by atoms with Crippen molar-refractivity contribution in [3.63, 3.8) is 0 Å². The smallest absolute Gasteiger partial charge is 0.408 e. The minimum absolute atomic E-state index is 0.0252. The molecule has 1 aromatic heterocycles. The van der Waals surface area contributed by atoms with Gasteiger partial charge in [0, 0.05) is 23.9 Å². The van der Waals surface area contributed by atoms with E-state index in [2.05, 4.69) is 18.8 Å². The van der Waals surface area contributed by atoms with Gasteiger partial charge in [-0.15, -0.1) is 0 Å². The molecule has 1 aliphatic rings. The quantitative estimate of drug-likeness (QED) is 0.445. The van der Waals surface area contributed by atoms with Crippen molar-refractivity contribution >= 4 is 11.9 Å². The lowest BCUT2D eigenvalue weighted by Gasteiger charge is -2.23.